The fourth-order valence-electron chi connectivity index (χ4n) is 1.64. The van der Waals surface area contributed by atoms with Gasteiger partial charge in [0.2, 0.25) is 5.91 Å². The smallest absolute Gasteiger partial charge is 0.253 e. The van der Waals surface area contributed by atoms with Gasteiger partial charge in [0.15, 0.2) is 0 Å². The quantitative estimate of drug-likeness (QED) is 0.729. The molecule has 0 bridgehead atoms. The van der Waals surface area contributed by atoms with E-state index in [1.165, 1.54) is 13.2 Å². The van der Waals surface area contributed by atoms with Crippen molar-refractivity contribution in [3.8, 4) is 0 Å². The van der Waals surface area contributed by atoms with E-state index in [9.17, 15) is 9.59 Å². The fraction of sp³-hybridized carbons (Fsp3) is 0.429. The maximum Gasteiger partial charge on any atom is 0.253 e. The molecule has 0 aromatic heterocycles. The van der Waals surface area contributed by atoms with Crippen LogP contribution in [-0.2, 0) is 9.53 Å². The molecule has 22 heavy (non-hydrogen) atoms. The SMILES string of the molecule is COCC(N)C(=O)Nc1cc(Cl)ccc1C(=O)NC(C)C.Cl. The molecule has 0 aliphatic rings. The van der Waals surface area contributed by atoms with Crippen LogP contribution in [0.3, 0.4) is 0 Å². The van der Waals surface area contributed by atoms with Crippen LogP contribution in [0.4, 0.5) is 5.69 Å². The lowest BCUT2D eigenvalue weighted by Crippen LogP contribution is -2.39. The number of carbonyl (C=O) groups excluding carboxylic acids is 2. The van der Waals surface area contributed by atoms with E-state index < -0.39 is 11.9 Å². The van der Waals surface area contributed by atoms with Gasteiger partial charge < -0.3 is 21.1 Å². The van der Waals surface area contributed by atoms with Crippen LogP contribution in [-0.4, -0.2) is 37.6 Å². The van der Waals surface area contributed by atoms with E-state index in [4.69, 9.17) is 22.1 Å². The van der Waals surface area contributed by atoms with Crippen LogP contribution in [0, 0.1) is 0 Å². The van der Waals surface area contributed by atoms with Crippen LogP contribution < -0.4 is 16.4 Å². The average Bonchev–Trinajstić information content (AvgIpc) is 2.38. The van der Waals surface area contributed by atoms with Crippen molar-refractivity contribution in [3.63, 3.8) is 0 Å². The van der Waals surface area contributed by atoms with E-state index in [0.717, 1.165) is 0 Å². The maximum atomic E-state index is 12.1. The number of rotatable bonds is 6. The Hall–Kier alpha value is -1.34. The van der Waals surface area contributed by atoms with Crippen molar-refractivity contribution in [1.82, 2.24) is 5.32 Å². The Morgan fingerprint density at radius 2 is 2.00 bits per heavy atom. The molecule has 0 radical (unpaired) electrons. The van der Waals surface area contributed by atoms with E-state index in [0.29, 0.717) is 16.3 Å². The number of amides is 2. The Bertz CT molecular complexity index is 524. The molecule has 0 saturated heterocycles. The van der Waals surface area contributed by atoms with E-state index >= 15 is 0 Å². The number of carbonyl (C=O) groups is 2. The second-order valence-corrected chi connectivity index (χ2v) is 5.31. The molecule has 0 saturated carbocycles. The lowest BCUT2D eigenvalue weighted by molar-refractivity contribution is -0.118. The molecule has 0 fully saturated rings. The summed E-state index contributed by atoms with van der Waals surface area (Å²) in [6, 6.07) is 3.80. The van der Waals surface area contributed by atoms with Crippen molar-refractivity contribution in [3.05, 3.63) is 28.8 Å². The van der Waals surface area contributed by atoms with Crippen molar-refractivity contribution in [1.29, 1.82) is 0 Å². The Morgan fingerprint density at radius 3 is 2.55 bits per heavy atom. The van der Waals surface area contributed by atoms with Crippen molar-refractivity contribution in [2.24, 2.45) is 5.73 Å². The standard InChI is InChI=1S/C14H20ClN3O3.ClH/c1-8(2)17-13(19)10-5-4-9(15)6-12(10)18-14(20)11(16)7-21-3;/h4-6,8,11H,7,16H2,1-3H3,(H,17,19)(H,18,20);1H. The second-order valence-electron chi connectivity index (χ2n) is 4.87. The topological polar surface area (TPSA) is 93.4 Å². The van der Waals surface area contributed by atoms with Crippen molar-refractivity contribution >= 4 is 41.5 Å². The van der Waals surface area contributed by atoms with Crippen LogP contribution in [0.2, 0.25) is 5.02 Å². The summed E-state index contributed by atoms with van der Waals surface area (Å²) in [6.07, 6.45) is 0. The molecule has 6 nitrogen and oxygen atoms in total. The molecule has 0 aliphatic heterocycles. The molecule has 2 amide bonds. The van der Waals surface area contributed by atoms with Gasteiger partial charge in [-0.1, -0.05) is 11.6 Å². The Morgan fingerprint density at radius 1 is 1.36 bits per heavy atom. The highest BCUT2D eigenvalue weighted by molar-refractivity contribution is 6.31. The van der Waals surface area contributed by atoms with Crippen molar-refractivity contribution < 1.29 is 14.3 Å². The second kappa shape index (κ2) is 9.63. The third-order valence-electron chi connectivity index (χ3n) is 2.59. The van der Waals surface area contributed by atoms with Gasteiger partial charge in [-0.3, -0.25) is 9.59 Å². The summed E-state index contributed by atoms with van der Waals surface area (Å²) < 4.78 is 4.83. The van der Waals surface area contributed by atoms with Crippen LogP contribution in [0.5, 0.6) is 0 Å². The predicted molar refractivity (Wildman–Crippen MR) is 89.8 cm³/mol. The Balaban J connectivity index is 0.00000441. The molecule has 0 heterocycles. The third-order valence-corrected chi connectivity index (χ3v) is 2.82. The first-order valence-corrected chi connectivity index (χ1v) is 6.88. The number of nitrogens with one attached hydrogen (secondary N) is 2. The van der Waals surface area contributed by atoms with Crippen LogP contribution >= 0.6 is 24.0 Å². The Kier molecular flexibility index (Phi) is 9.04. The van der Waals surface area contributed by atoms with Gasteiger partial charge in [0.05, 0.1) is 17.9 Å². The zero-order valence-corrected chi connectivity index (χ0v) is 14.3. The highest BCUT2D eigenvalue weighted by Gasteiger charge is 2.18. The molecule has 124 valence electrons. The van der Waals surface area contributed by atoms with Gasteiger partial charge in [0.1, 0.15) is 6.04 Å². The van der Waals surface area contributed by atoms with Gasteiger partial charge in [-0.25, -0.2) is 0 Å². The number of benzene rings is 1. The van der Waals surface area contributed by atoms with Gasteiger partial charge in [0, 0.05) is 18.2 Å². The van der Waals surface area contributed by atoms with Crippen molar-refractivity contribution in [2.75, 3.05) is 19.0 Å². The third kappa shape index (κ3) is 6.19. The number of hydrogen-bond donors (Lipinski definition) is 3. The first-order chi connectivity index (χ1) is 9.85. The number of methoxy groups -OCH3 is 1. The summed E-state index contributed by atoms with van der Waals surface area (Å²) in [7, 11) is 1.45. The molecule has 1 aromatic carbocycles. The summed E-state index contributed by atoms with van der Waals surface area (Å²) in [6.45, 7) is 3.78. The summed E-state index contributed by atoms with van der Waals surface area (Å²) in [5.74, 6) is -0.741. The van der Waals surface area contributed by atoms with Gasteiger partial charge in [-0.2, -0.15) is 0 Å². The van der Waals surface area contributed by atoms with E-state index in [-0.39, 0.29) is 31.0 Å². The van der Waals surface area contributed by atoms with Crippen LogP contribution in [0.15, 0.2) is 18.2 Å². The zero-order chi connectivity index (χ0) is 16.0. The first-order valence-electron chi connectivity index (χ1n) is 6.51. The van der Waals surface area contributed by atoms with Gasteiger partial charge in [-0.05, 0) is 32.0 Å². The number of anilines is 1. The van der Waals surface area contributed by atoms with E-state index in [1.807, 2.05) is 13.8 Å². The van der Waals surface area contributed by atoms with Crippen molar-refractivity contribution in [2.45, 2.75) is 25.9 Å². The predicted octanol–water partition coefficient (Wildman–Crippen LogP) is 1.81. The lowest BCUT2D eigenvalue weighted by atomic mass is 10.1. The maximum absolute atomic E-state index is 12.1. The average molecular weight is 350 g/mol. The molecule has 1 unspecified atom stereocenters. The molecular formula is C14H21Cl2N3O3. The first kappa shape index (κ1) is 20.7. The molecule has 0 aliphatic carbocycles. The molecular weight excluding hydrogens is 329 g/mol. The molecule has 1 aromatic rings. The molecule has 0 spiro atoms. The summed E-state index contributed by atoms with van der Waals surface area (Å²) >= 11 is 5.91. The molecule has 8 heteroatoms. The fourth-order valence-corrected chi connectivity index (χ4v) is 1.81. The number of halogens is 2. The normalized spacial score (nSPS) is 11.5. The molecule has 4 N–H and O–H groups in total. The van der Waals surface area contributed by atoms with Gasteiger partial charge in [-0.15, -0.1) is 12.4 Å². The largest absolute Gasteiger partial charge is 0.383 e. The lowest BCUT2D eigenvalue weighted by Gasteiger charge is -2.15. The minimum Gasteiger partial charge on any atom is -0.383 e. The van der Waals surface area contributed by atoms with Gasteiger partial charge >= 0.3 is 0 Å². The summed E-state index contributed by atoms with van der Waals surface area (Å²) in [5.41, 5.74) is 6.29. The Labute approximate surface area is 141 Å². The number of ether oxygens (including phenoxy) is 1. The van der Waals surface area contributed by atoms with E-state index in [1.54, 1.807) is 12.1 Å². The summed E-state index contributed by atoms with van der Waals surface area (Å²) in [4.78, 5) is 24.0. The van der Waals surface area contributed by atoms with Gasteiger partial charge in [0.25, 0.3) is 5.91 Å². The summed E-state index contributed by atoms with van der Waals surface area (Å²) in [5, 5.41) is 5.77. The zero-order valence-electron chi connectivity index (χ0n) is 12.7. The molecule has 1 rings (SSSR count). The van der Waals surface area contributed by atoms with Crippen LogP contribution in [0.1, 0.15) is 24.2 Å². The highest BCUT2D eigenvalue weighted by Crippen LogP contribution is 2.21. The minimum atomic E-state index is -0.824. The number of nitrogens with two attached hydrogens (primary N) is 1. The monoisotopic (exact) mass is 349 g/mol. The van der Waals surface area contributed by atoms with Crippen LogP contribution in [0.25, 0.3) is 0 Å². The van der Waals surface area contributed by atoms with E-state index in [2.05, 4.69) is 10.6 Å². The highest BCUT2D eigenvalue weighted by atomic mass is 35.5. The number of hydrogen-bond acceptors (Lipinski definition) is 4. The molecule has 1 atom stereocenters. The minimum absolute atomic E-state index is 0.